The van der Waals surface area contributed by atoms with Gasteiger partial charge in [-0.05, 0) is 48.4 Å². The first-order chi connectivity index (χ1) is 10.2. The summed E-state index contributed by atoms with van der Waals surface area (Å²) in [5.74, 6) is 0. The lowest BCUT2D eigenvalue weighted by atomic mass is 10.0. The molecule has 21 heavy (non-hydrogen) atoms. The zero-order valence-electron chi connectivity index (χ0n) is 11.6. The number of hydrogen-bond donors (Lipinski definition) is 0. The van der Waals surface area contributed by atoms with E-state index >= 15 is 0 Å². The molecule has 2 aromatic carbocycles. The Morgan fingerprint density at radius 3 is 2.24 bits per heavy atom. The normalized spacial score (nSPS) is 10.6. The molecule has 0 spiro atoms. The van der Waals surface area contributed by atoms with E-state index < -0.39 is 0 Å². The minimum atomic E-state index is -0.0245. The number of para-hydroxylation sites is 1. The molecule has 104 valence electrons. The Morgan fingerprint density at radius 1 is 0.905 bits per heavy atom. The van der Waals surface area contributed by atoms with Gasteiger partial charge < -0.3 is 0 Å². The third-order valence-electron chi connectivity index (χ3n) is 3.47. The number of rotatable bonds is 2. The second-order valence-corrected chi connectivity index (χ2v) is 5.33. The van der Waals surface area contributed by atoms with Gasteiger partial charge in [0.25, 0.3) is 5.56 Å². The fraction of sp³-hybridized carbons (Fsp3) is 0.0556. The van der Waals surface area contributed by atoms with Crippen LogP contribution < -0.4 is 5.56 Å². The lowest BCUT2D eigenvalue weighted by molar-refractivity contribution is 0.986. The summed E-state index contributed by atoms with van der Waals surface area (Å²) in [7, 11) is 0. The number of benzene rings is 2. The molecular formula is C18H14ClNO. The number of pyridine rings is 1. The monoisotopic (exact) mass is 295 g/mol. The van der Waals surface area contributed by atoms with Crippen molar-refractivity contribution >= 4 is 11.6 Å². The van der Waals surface area contributed by atoms with E-state index in [1.54, 1.807) is 16.7 Å². The summed E-state index contributed by atoms with van der Waals surface area (Å²) < 4.78 is 1.66. The average Bonchev–Trinajstić information content (AvgIpc) is 2.50. The van der Waals surface area contributed by atoms with Gasteiger partial charge in [-0.15, -0.1) is 0 Å². The second-order valence-electron chi connectivity index (χ2n) is 4.89. The van der Waals surface area contributed by atoms with Crippen LogP contribution in [0.1, 0.15) is 5.56 Å². The topological polar surface area (TPSA) is 22.0 Å². The smallest absolute Gasteiger partial charge is 0.263 e. The van der Waals surface area contributed by atoms with E-state index in [2.05, 4.69) is 0 Å². The number of aromatic nitrogens is 1. The molecule has 0 aliphatic carbocycles. The number of hydrogen-bond acceptors (Lipinski definition) is 1. The summed E-state index contributed by atoms with van der Waals surface area (Å²) in [6, 6.07) is 18.9. The molecular weight excluding hydrogens is 282 g/mol. The summed E-state index contributed by atoms with van der Waals surface area (Å²) in [5, 5.41) is 0.663. The lowest BCUT2D eigenvalue weighted by Gasteiger charge is -2.11. The van der Waals surface area contributed by atoms with Crippen molar-refractivity contribution in [2.45, 2.75) is 6.92 Å². The third-order valence-corrected chi connectivity index (χ3v) is 3.72. The van der Waals surface area contributed by atoms with E-state index in [1.807, 2.05) is 61.7 Å². The highest BCUT2D eigenvalue weighted by Crippen LogP contribution is 2.22. The summed E-state index contributed by atoms with van der Waals surface area (Å²) in [6.45, 7) is 1.95. The Morgan fingerprint density at radius 2 is 1.57 bits per heavy atom. The minimum absolute atomic E-state index is 0.0245. The Bertz CT molecular complexity index is 820. The fourth-order valence-corrected chi connectivity index (χ4v) is 2.51. The van der Waals surface area contributed by atoms with Gasteiger partial charge in [-0.25, -0.2) is 0 Å². The maximum absolute atomic E-state index is 12.8. The van der Waals surface area contributed by atoms with Crippen LogP contribution in [-0.4, -0.2) is 4.57 Å². The van der Waals surface area contributed by atoms with Crippen molar-refractivity contribution in [1.29, 1.82) is 0 Å². The molecule has 0 amide bonds. The maximum atomic E-state index is 12.8. The highest BCUT2D eigenvalue weighted by molar-refractivity contribution is 6.30. The molecule has 0 aliphatic heterocycles. The standard InChI is InChI=1S/C18H14ClNO/c1-13-11-12-20(16-5-3-2-4-6-16)18(21)17(13)14-7-9-15(19)10-8-14/h2-12H,1H3. The molecule has 1 aromatic heterocycles. The Hall–Kier alpha value is -2.32. The van der Waals surface area contributed by atoms with Crippen molar-refractivity contribution in [3.8, 4) is 16.8 Å². The highest BCUT2D eigenvalue weighted by atomic mass is 35.5. The van der Waals surface area contributed by atoms with Crippen molar-refractivity contribution in [2.75, 3.05) is 0 Å². The summed E-state index contributed by atoms with van der Waals surface area (Å²) in [5.41, 5.74) is 3.38. The van der Waals surface area contributed by atoms with Gasteiger partial charge in [0, 0.05) is 16.9 Å². The molecule has 0 fully saturated rings. The molecule has 0 bridgehead atoms. The van der Waals surface area contributed by atoms with Crippen LogP contribution in [0.4, 0.5) is 0 Å². The quantitative estimate of drug-likeness (QED) is 0.684. The van der Waals surface area contributed by atoms with Crippen LogP contribution in [0.5, 0.6) is 0 Å². The first kappa shape index (κ1) is 13.7. The van der Waals surface area contributed by atoms with Gasteiger partial charge in [0.1, 0.15) is 0 Å². The largest absolute Gasteiger partial charge is 0.284 e. The number of nitrogens with zero attached hydrogens (tertiary/aromatic N) is 1. The molecule has 3 aromatic rings. The molecule has 0 radical (unpaired) electrons. The molecule has 0 atom stereocenters. The molecule has 1 heterocycles. The molecule has 0 aliphatic rings. The third kappa shape index (κ3) is 2.63. The van der Waals surface area contributed by atoms with E-state index in [1.165, 1.54) is 0 Å². The number of halogens is 1. The van der Waals surface area contributed by atoms with Gasteiger partial charge in [0.2, 0.25) is 0 Å². The first-order valence-corrected chi connectivity index (χ1v) is 7.08. The molecule has 3 heteroatoms. The van der Waals surface area contributed by atoms with E-state index in [0.29, 0.717) is 10.6 Å². The van der Waals surface area contributed by atoms with E-state index in [9.17, 15) is 4.79 Å². The van der Waals surface area contributed by atoms with E-state index in [4.69, 9.17) is 11.6 Å². The Kier molecular flexibility index (Phi) is 3.63. The van der Waals surface area contributed by atoms with Gasteiger partial charge >= 0.3 is 0 Å². The van der Waals surface area contributed by atoms with Crippen LogP contribution in [0.15, 0.2) is 71.7 Å². The van der Waals surface area contributed by atoms with Crippen molar-refractivity contribution < 1.29 is 0 Å². The fourth-order valence-electron chi connectivity index (χ4n) is 2.39. The van der Waals surface area contributed by atoms with Crippen molar-refractivity contribution in [2.24, 2.45) is 0 Å². The van der Waals surface area contributed by atoms with Gasteiger partial charge in [0.15, 0.2) is 0 Å². The first-order valence-electron chi connectivity index (χ1n) is 6.70. The molecule has 2 nitrogen and oxygen atoms in total. The SMILES string of the molecule is Cc1ccn(-c2ccccc2)c(=O)c1-c1ccc(Cl)cc1. The van der Waals surface area contributed by atoms with Gasteiger partial charge in [-0.1, -0.05) is 41.9 Å². The molecule has 3 rings (SSSR count). The van der Waals surface area contributed by atoms with Crippen molar-refractivity contribution in [3.05, 3.63) is 87.8 Å². The molecule has 0 saturated heterocycles. The zero-order valence-corrected chi connectivity index (χ0v) is 12.3. The summed E-state index contributed by atoms with van der Waals surface area (Å²) in [4.78, 5) is 12.8. The van der Waals surface area contributed by atoms with Gasteiger partial charge in [-0.3, -0.25) is 9.36 Å². The summed E-state index contributed by atoms with van der Waals surface area (Å²) >= 11 is 5.92. The maximum Gasteiger partial charge on any atom is 0.263 e. The number of aryl methyl sites for hydroxylation is 1. The van der Waals surface area contributed by atoms with Crippen molar-refractivity contribution in [3.63, 3.8) is 0 Å². The van der Waals surface area contributed by atoms with Gasteiger partial charge in [0.05, 0.1) is 5.56 Å². The second kappa shape index (κ2) is 5.58. The van der Waals surface area contributed by atoms with Gasteiger partial charge in [-0.2, -0.15) is 0 Å². The zero-order chi connectivity index (χ0) is 14.8. The van der Waals surface area contributed by atoms with Crippen LogP contribution in [0.25, 0.3) is 16.8 Å². The minimum Gasteiger partial charge on any atom is -0.284 e. The predicted octanol–water partition coefficient (Wildman–Crippen LogP) is 4.47. The average molecular weight is 296 g/mol. The molecule has 0 saturated carbocycles. The summed E-state index contributed by atoms with van der Waals surface area (Å²) in [6.07, 6.45) is 1.81. The Labute approximate surface area is 128 Å². The van der Waals surface area contributed by atoms with Crippen LogP contribution in [-0.2, 0) is 0 Å². The van der Waals surface area contributed by atoms with E-state index in [0.717, 1.165) is 16.8 Å². The Balaban J connectivity index is 2.22. The molecule has 0 unspecified atom stereocenters. The predicted molar refractivity (Wildman–Crippen MR) is 87.2 cm³/mol. The molecule has 0 N–H and O–H groups in total. The van der Waals surface area contributed by atoms with Crippen LogP contribution >= 0.6 is 11.6 Å². The lowest BCUT2D eigenvalue weighted by Crippen LogP contribution is -2.20. The van der Waals surface area contributed by atoms with Crippen LogP contribution in [0, 0.1) is 6.92 Å². The highest BCUT2D eigenvalue weighted by Gasteiger charge is 2.10. The van der Waals surface area contributed by atoms with Crippen LogP contribution in [0.2, 0.25) is 5.02 Å². The van der Waals surface area contributed by atoms with Crippen LogP contribution in [0.3, 0.4) is 0 Å². The van der Waals surface area contributed by atoms with E-state index in [-0.39, 0.29) is 5.56 Å². The van der Waals surface area contributed by atoms with Crippen molar-refractivity contribution in [1.82, 2.24) is 4.57 Å².